The zero-order chi connectivity index (χ0) is 18.1. The van der Waals surface area contributed by atoms with Crippen LogP contribution in [-0.2, 0) is 0 Å². The highest BCUT2D eigenvalue weighted by Gasteiger charge is 2.16. The molecule has 0 aromatic heterocycles. The summed E-state index contributed by atoms with van der Waals surface area (Å²) in [6, 6.07) is 5.33. The van der Waals surface area contributed by atoms with Crippen LogP contribution in [0.3, 0.4) is 0 Å². The fraction of sp³-hybridized carbons (Fsp3) is 0.632. The lowest BCUT2D eigenvalue weighted by atomic mass is 10.2. The van der Waals surface area contributed by atoms with Gasteiger partial charge in [-0.2, -0.15) is 0 Å². The molecule has 140 valence electrons. The van der Waals surface area contributed by atoms with Crippen molar-refractivity contribution in [3.05, 3.63) is 23.8 Å². The minimum atomic E-state index is -0.542. The van der Waals surface area contributed by atoms with Gasteiger partial charge in [0.2, 0.25) is 0 Å². The molecule has 0 saturated carbocycles. The van der Waals surface area contributed by atoms with E-state index >= 15 is 0 Å². The van der Waals surface area contributed by atoms with Gasteiger partial charge in [-0.3, -0.25) is 0 Å². The van der Waals surface area contributed by atoms with Crippen molar-refractivity contribution in [2.24, 2.45) is 0 Å². The number of anilines is 1. The Balaban J connectivity index is 1.73. The zero-order valence-corrected chi connectivity index (χ0v) is 15.4. The van der Waals surface area contributed by atoms with Crippen molar-refractivity contribution in [1.29, 1.82) is 0 Å². The van der Waals surface area contributed by atoms with Crippen molar-refractivity contribution in [2.75, 3.05) is 38.1 Å². The van der Waals surface area contributed by atoms with E-state index < -0.39 is 6.10 Å². The van der Waals surface area contributed by atoms with Gasteiger partial charge in [-0.25, -0.2) is 4.79 Å². The molecular formula is C19H31N3O3. The number of likely N-dealkylation sites (tertiary alicyclic amines) is 1. The SMILES string of the molecule is CCCCOc1ccc(NC(=O)NCC(O)CN2CCCC2)c(C)c1. The number of nitrogens with one attached hydrogen (secondary N) is 2. The monoisotopic (exact) mass is 349 g/mol. The molecule has 1 aliphatic rings. The normalized spacial score (nSPS) is 15.8. The van der Waals surface area contributed by atoms with Crippen molar-refractivity contribution in [2.45, 2.75) is 45.6 Å². The topological polar surface area (TPSA) is 73.8 Å². The van der Waals surface area contributed by atoms with E-state index in [2.05, 4.69) is 22.5 Å². The number of aryl methyl sites for hydroxylation is 1. The number of urea groups is 1. The molecule has 1 unspecified atom stereocenters. The molecule has 1 aliphatic heterocycles. The number of β-amino-alcohol motifs (C(OH)–C–C–N with tert-alkyl or cyclic N) is 1. The molecule has 1 aromatic carbocycles. The molecule has 3 N–H and O–H groups in total. The van der Waals surface area contributed by atoms with Gasteiger partial charge in [0.1, 0.15) is 5.75 Å². The largest absolute Gasteiger partial charge is 0.494 e. The van der Waals surface area contributed by atoms with Crippen molar-refractivity contribution >= 4 is 11.7 Å². The number of aliphatic hydroxyl groups is 1. The molecule has 1 atom stereocenters. The van der Waals surface area contributed by atoms with Crippen LogP contribution in [0, 0.1) is 6.92 Å². The molecule has 1 aromatic rings. The summed E-state index contributed by atoms with van der Waals surface area (Å²) in [6.07, 6.45) is 3.97. The second kappa shape index (κ2) is 10.3. The predicted molar refractivity (Wildman–Crippen MR) is 100 cm³/mol. The van der Waals surface area contributed by atoms with E-state index in [1.54, 1.807) is 0 Å². The maximum atomic E-state index is 12.0. The molecule has 1 heterocycles. The predicted octanol–water partition coefficient (Wildman–Crippen LogP) is 2.75. The molecular weight excluding hydrogens is 318 g/mol. The Labute approximate surface area is 150 Å². The van der Waals surface area contributed by atoms with E-state index in [1.807, 2.05) is 25.1 Å². The van der Waals surface area contributed by atoms with Gasteiger partial charge < -0.3 is 25.4 Å². The van der Waals surface area contributed by atoms with Gasteiger partial charge in [-0.1, -0.05) is 13.3 Å². The van der Waals surface area contributed by atoms with Crippen molar-refractivity contribution in [3.8, 4) is 5.75 Å². The van der Waals surface area contributed by atoms with Crippen LogP contribution in [0.2, 0.25) is 0 Å². The summed E-state index contributed by atoms with van der Waals surface area (Å²) < 4.78 is 5.66. The fourth-order valence-corrected chi connectivity index (χ4v) is 2.91. The maximum absolute atomic E-state index is 12.0. The number of ether oxygens (including phenoxy) is 1. The third kappa shape index (κ3) is 6.92. The maximum Gasteiger partial charge on any atom is 0.319 e. The molecule has 1 saturated heterocycles. The zero-order valence-electron chi connectivity index (χ0n) is 15.4. The quantitative estimate of drug-likeness (QED) is 0.599. The molecule has 25 heavy (non-hydrogen) atoms. The minimum absolute atomic E-state index is 0.250. The third-order valence-corrected chi connectivity index (χ3v) is 4.38. The van der Waals surface area contributed by atoms with Crippen molar-refractivity contribution in [3.63, 3.8) is 0 Å². The molecule has 0 spiro atoms. The number of aliphatic hydroxyl groups excluding tert-OH is 1. The number of amides is 2. The first-order chi connectivity index (χ1) is 12.1. The number of carbonyl (C=O) groups excluding carboxylic acids is 1. The summed E-state index contributed by atoms with van der Waals surface area (Å²) in [4.78, 5) is 14.3. The number of nitrogens with zero attached hydrogens (tertiary/aromatic N) is 1. The number of benzene rings is 1. The number of carbonyl (C=O) groups is 1. The van der Waals surface area contributed by atoms with E-state index in [0.29, 0.717) is 13.2 Å². The van der Waals surface area contributed by atoms with Crippen molar-refractivity contribution in [1.82, 2.24) is 10.2 Å². The highest BCUT2D eigenvalue weighted by molar-refractivity contribution is 5.90. The lowest BCUT2D eigenvalue weighted by Crippen LogP contribution is -2.40. The molecule has 2 rings (SSSR count). The minimum Gasteiger partial charge on any atom is -0.494 e. The van der Waals surface area contributed by atoms with Crippen LogP contribution in [-0.4, -0.2) is 54.9 Å². The van der Waals surface area contributed by atoms with Gasteiger partial charge in [-0.15, -0.1) is 0 Å². The molecule has 6 heteroatoms. The van der Waals surface area contributed by atoms with Gasteiger partial charge in [0.25, 0.3) is 0 Å². The molecule has 1 fully saturated rings. The van der Waals surface area contributed by atoms with Gasteiger partial charge in [0.15, 0.2) is 0 Å². The Kier molecular flexibility index (Phi) is 8.01. The highest BCUT2D eigenvalue weighted by atomic mass is 16.5. The number of unbranched alkanes of at least 4 members (excludes halogenated alkanes) is 1. The Morgan fingerprint density at radius 2 is 2.12 bits per heavy atom. The number of rotatable bonds is 9. The van der Waals surface area contributed by atoms with Crippen molar-refractivity contribution < 1.29 is 14.6 Å². The highest BCUT2D eigenvalue weighted by Crippen LogP contribution is 2.21. The van der Waals surface area contributed by atoms with E-state index in [0.717, 1.165) is 42.9 Å². The van der Waals surface area contributed by atoms with Crippen LogP contribution in [0.4, 0.5) is 10.5 Å². The lowest BCUT2D eigenvalue weighted by molar-refractivity contribution is 0.125. The Hall–Kier alpha value is -1.79. The Bertz CT molecular complexity index is 545. The van der Waals surface area contributed by atoms with Crippen LogP contribution in [0.1, 0.15) is 38.2 Å². The fourth-order valence-electron chi connectivity index (χ4n) is 2.91. The summed E-state index contributed by atoms with van der Waals surface area (Å²) in [5.41, 5.74) is 1.69. The van der Waals surface area contributed by atoms with E-state index in [4.69, 9.17) is 4.74 Å². The summed E-state index contributed by atoms with van der Waals surface area (Å²) in [7, 11) is 0. The first kappa shape index (κ1) is 19.5. The van der Waals surface area contributed by atoms with Crippen LogP contribution < -0.4 is 15.4 Å². The standard InChI is InChI=1S/C19H31N3O3/c1-3-4-11-25-17-7-8-18(15(2)12-17)21-19(24)20-13-16(23)14-22-9-5-6-10-22/h7-8,12,16,23H,3-6,9-11,13-14H2,1-2H3,(H2,20,21,24). The molecule has 2 amide bonds. The van der Waals surface area contributed by atoms with E-state index in [1.165, 1.54) is 12.8 Å². The van der Waals surface area contributed by atoms with Crippen LogP contribution in [0.25, 0.3) is 0 Å². The van der Waals surface area contributed by atoms with Gasteiger partial charge in [-0.05, 0) is 63.0 Å². The van der Waals surface area contributed by atoms with Crippen LogP contribution in [0.5, 0.6) is 5.75 Å². The smallest absolute Gasteiger partial charge is 0.319 e. The summed E-state index contributed by atoms with van der Waals surface area (Å²) in [5, 5.41) is 15.6. The lowest BCUT2D eigenvalue weighted by Gasteiger charge is -2.19. The molecule has 0 bridgehead atoms. The van der Waals surface area contributed by atoms with Gasteiger partial charge in [0, 0.05) is 18.8 Å². The first-order valence-electron chi connectivity index (χ1n) is 9.27. The van der Waals surface area contributed by atoms with Gasteiger partial charge >= 0.3 is 6.03 Å². The molecule has 0 aliphatic carbocycles. The Morgan fingerprint density at radius 1 is 1.36 bits per heavy atom. The summed E-state index contributed by atoms with van der Waals surface area (Å²) in [6.45, 7) is 7.71. The van der Waals surface area contributed by atoms with E-state index in [-0.39, 0.29) is 12.6 Å². The summed E-state index contributed by atoms with van der Waals surface area (Å²) >= 11 is 0. The second-order valence-electron chi connectivity index (χ2n) is 6.68. The number of hydrogen-bond donors (Lipinski definition) is 3. The molecule has 6 nitrogen and oxygen atoms in total. The second-order valence-corrected chi connectivity index (χ2v) is 6.68. The summed E-state index contributed by atoms with van der Waals surface area (Å²) in [5.74, 6) is 0.818. The average molecular weight is 349 g/mol. The van der Waals surface area contributed by atoms with Crippen LogP contribution >= 0.6 is 0 Å². The first-order valence-corrected chi connectivity index (χ1v) is 9.27. The Morgan fingerprint density at radius 3 is 2.80 bits per heavy atom. The average Bonchev–Trinajstić information content (AvgIpc) is 3.08. The number of hydrogen-bond acceptors (Lipinski definition) is 4. The van der Waals surface area contributed by atoms with E-state index in [9.17, 15) is 9.90 Å². The van der Waals surface area contributed by atoms with Gasteiger partial charge in [0.05, 0.1) is 12.7 Å². The molecule has 0 radical (unpaired) electrons. The third-order valence-electron chi connectivity index (χ3n) is 4.38. The van der Waals surface area contributed by atoms with Crippen LogP contribution in [0.15, 0.2) is 18.2 Å².